The lowest BCUT2D eigenvalue weighted by Gasteiger charge is -2.27. The number of tetrazole rings is 1. The Morgan fingerprint density at radius 2 is 1.88 bits per heavy atom. The Labute approximate surface area is 189 Å². The van der Waals surface area contributed by atoms with Gasteiger partial charge in [0.15, 0.2) is 0 Å². The standard InChI is InChI=1S/C21H24N8O4/c1-32-18-13-17(22-16-6-3-2-5-15(16)18)20(31)28-8-4-7-27(28)19(30)14-29-24-21(23-25-29)26-9-11-33-12-10-26/h2-3,5-6,13H,4,7-12,14H2,1H3. The lowest BCUT2D eigenvalue weighted by Crippen LogP contribution is -2.46. The van der Waals surface area contributed by atoms with E-state index >= 15 is 0 Å². The first-order valence-electron chi connectivity index (χ1n) is 10.8. The predicted molar refractivity (Wildman–Crippen MR) is 117 cm³/mol. The van der Waals surface area contributed by atoms with Gasteiger partial charge in [-0.15, -0.1) is 5.10 Å². The van der Waals surface area contributed by atoms with E-state index in [9.17, 15) is 9.59 Å². The number of pyridine rings is 1. The summed E-state index contributed by atoms with van der Waals surface area (Å²) in [5.41, 5.74) is 0.874. The number of hydrazine groups is 1. The Hall–Kier alpha value is -3.80. The molecule has 2 aromatic heterocycles. The third kappa shape index (κ3) is 4.16. The van der Waals surface area contributed by atoms with Crippen LogP contribution in [0.2, 0.25) is 0 Å². The zero-order valence-corrected chi connectivity index (χ0v) is 18.3. The third-order valence-corrected chi connectivity index (χ3v) is 5.68. The van der Waals surface area contributed by atoms with E-state index in [0.29, 0.717) is 63.0 Å². The van der Waals surface area contributed by atoms with Gasteiger partial charge in [-0.1, -0.05) is 17.2 Å². The predicted octanol–water partition coefficient (Wildman–Crippen LogP) is 0.356. The number of aromatic nitrogens is 5. The topological polar surface area (TPSA) is 119 Å². The van der Waals surface area contributed by atoms with Crippen molar-refractivity contribution in [2.24, 2.45) is 0 Å². The number of carbonyl (C=O) groups excluding carboxylic acids is 2. The molecule has 2 aliphatic heterocycles. The van der Waals surface area contributed by atoms with Gasteiger partial charge < -0.3 is 14.4 Å². The molecule has 4 heterocycles. The van der Waals surface area contributed by atoms with E-state index in [4.69, 9.17) is 9.47 Å². The fourth-order valence-corrected chi connectivity index (χ4v) is 4.03. The molecule has 0 unspecified atom stereocenters. The summed E-state index contributed by atoms with van der Waals surface area (Å²) in [7, 11) is 1.55. The van der Waals surface area contributed by atoms with Crippen LogP contribution in [0.4, 0.5) is 5.95 Å². The molecule has 3 aromatic rings. The highest BCUT2D eigenvalue weighted by molar-refractivity contribution is 5.98. The summed E-state index contributed by atoms with van der Waals surface area (Å²) in [6, 6.07) is 9.06. The summed E-state index contributed by atoms with van der Waals surface area (Å²) in [6.45, 7) is 3.30. The second kappa shape index (κ2) is 8.98. The summed E-state index contributed by atoms with van der Waals surface area (Å²) in [4.78, 5) is 34.0. The Bertz CT molecular complexity index is 1180. The molecule has 0 N–H and O–H groups in total. The average molecular weight is 452 g/mol. The Morgan fingerprint density at radius 1 is 1.09 bits per heavy atom. The van der Waals surface area contributed by atoms with E-state index in [1.807, 2.05) is 29.2 Å². The number of hydrogen-bond donors (Lipinski definition) is 0. The second-order valence-electron chi connectivity index (χ2n) is 7.74. The van der Waals surface area contributed by atoms with E-state index in [-0.39, 0.29) is 24.1 Å². The largest absolute Gasteiger partial charge is 0.496 e. The van der Waals surface area contributed by atoms with Crippen LogP contribution in [0.5, 0.6) is 5.75 Å². The minimum Gasteiger partial charge on any atom is -0.496 e. The van der Waals surface area contributed by atoms with Gasteiger partial charge in [-0.3, -0.25) is 9.59 Å². The fraction of sp³-hybridized carbons (Fsp3) is 0.429. The molecule has 5 rings (SSSR count). The summed E-state index contributed by atoms with van der Waals surface area (Å²) in [6.07, 6.45) is 0.673. The van der Waals surface area contributed by atoms with Crippen LogP contribution in [-0.4, -0.2) is 93.5 Å². The number of amides is 2. The molecular formula is C21H24N8O4. The molecule has 172 valence electrons. The first kappa shape index (κ1) is 21.1. The average Bonchev–Trinajstić information content (AvgIpc) is 3.53. The minimum atomic E-state index is -0.356. The van der Waals surface area contributed by atoms with Gasteiger partial charge in [-0.2, -0.15) is 4.80 Å². The van der Waals surface area contributed by atoms with Crippen LogP contribution in [-0.2, 0) is 16.1 Å². The maximum atomic E-state index is 13.3. The molecule has 12 heteroatoms. The molecule has 0 bridgehead atoms. The first-order chi connectivity index (χ1) is 16.1. The van der Waals surface area contributed by atoms with E-state index in [0.717, 1.165) is 5.39 Å². The van der Waals surface area contributed by atoms with Crippen LogP contribution in [0.3, 0.4) is 0 Å². The zero-order chi connectivity index (χ0) is 22.8. The molecule has 1 aromatic carbocycles. The van der Waals surface area contributed by atoms with Gasteiger partial charge >= 0.3 is 0 Å². The minimum absolute atomic E-state index is 0.115. The van der Waals surface area contributed by atoms with Crippen molar-refractivity contribution in [2.45, 2.75) is 13.0 Å². The lowest BCUT2D eigenvalue weighted by atomic mass is 10.1. The molecule has 2 fully saturated rings. The van der Waals surface area contributed by atoms with Crippen molar-refractivity contribution >= 4 is 28.7 Å². The Morgan fingerprint density at radius 3 is 2.70 bits per heavy atom. The molecule has 33 heavy (non-hydrogen) atoms. The van der Waals surface area contributed by atoms with Crippen molar-refractivity contribution in [3.05, 3.63) is 36.0 Å². The van der Waals surface area contributed by atoms with Gasteiger partial charge in [0.2, 0.25) is 0 Å². The molecule has 0 spiro atoms. The number of fused-ring (bicyclic) bond motifs is 1. The second-order valence-corrected chi connectivity index (χ2v) is 7.74. The Balaban J connectivity index is 1.32. The quantitative estimate of drug-likeness (QED) is 0.540. The highest BCUT2D eigenvalue weighted by atomic mass is 16.5. The normalized spacial score (nSPS) is 16.5. The smallest absolute Gasteiger partial charge is 0.291 e. The summed E-state index contributed by atoms with van der Waals surface area (Å²) < 4.78 is 10.8. The molecule has 12 nitrogen and oxygen atoms in total. The number of ether oxygens (including phenoxy) is 2. The monoisotopic (exact) mass is 452 g/mol. The number of nitrogens with zero attached hydrogens (tertiary/aromatic N) is 8. The van der Waals surface area contributed by atoms with E-state index in [2.05, 4.69) is 20.4 Å². The number of para-hydroxylation sites is 1. The number of benzene rings is 1. The number of morpholine rings is 1. The van der Waals surface area contributed by atoms with Crippen molar-refractivity contribution in [3.63, 3.8) is 0 Å². The highest BCUT2D eigenvalue weighted by Gasteiger charge is 2.33. The Kier molecular flexibility index (Phi) is 5.73. The van der Waals surface area contributed by atoms with Crippen molar-refractivity contribution < 1.29 is 19.1 Å². The molecule has 0 atom stereocenters. The summed E-state index contributed by atoms with van der Waals surface area (Å²) >= 11 is 0. The maximum absolute atomic E-state index is 13.3. The van der Waals surface area contributed by atoms with E-state index < -0.39 is 0 Å². The molecule has 2 amide bonds. The van der Waals surface area contributed by atoms with Gasteiger partial charge in [0.05, 0.1) is 25.8 Å². The van der Waals surface area contributed by atoms with Gasteiger partial charge in [-0.05, 0) is 23.8 Å². The van der Waals surface area contributed by atoms with Crippen LogP contribution in [0, 0.1) is 0 Å². The molecule has 2 aliphatic rings. The van der Waals surface area contributed by atoms with Crippen molar-refractivity contribution in [1.82, 2.24) is 35.2 Å². The van der Waals surface area contributed by atoms with E-state index in [1.165, 1.54) is 14.8 Å². The maximum Gasteiger partial charge on any atom is 0.291 e. The van der Waals surface area contributed by atoms with Crippen LogP contribution >= 0.6 is 0 Å². The number of anilines is 1. The number of hydrogen-bond acceptors (Lipinski definition) is 9. The van der Waals surface area contributed by atoms with Crippen molar-refractivity contribution in [3.8, 4) is 5.75 Å². The van der Waals surface area contributed by atoms with Gasteiger partial charge in [-0.25, -0.2) is 15.0 Å². The van der Waals surface area contributed by atoms with Crippen LogP contribution in [0.25, 0.3) is 10.9 Å². The van der Waals surface area contributed by atoms with E-state index in [1.54, 1.807) is 13.2 Å². The molecule has 2 saturated heterocycles. The van der Waals surface area contributed by atoms with Gasteiger partial charge in [0.1, 0.15) is 18.0 Å². The summed E-state index contributed by atoms with van der Waals surface area (Å²) in [5, 5.41) is 16.0. The molecule has 0 saturated carbocycles. The van der Waals surface area contributed by atoms with Gasteiger partial charge in [0.25, 0.3) is 17.8 Å². The SMILES string of the molecule is COc1cc(C(=O)N2CCCN2C(=O)Cn2nnc(N3CCOCC3)n2)nc2ccccc12. The molecular weight excluding hydrogens is 428 g/mol. The number of methoxy groups -OCH3 is 1. The zero-order valence-electron chi connectivity index (χ0n) is 18.3. The lowest BCUT2D eigenvalue weighted by molar-refractivity contribution is -0.141. The van der Waals surface area contributed by atoms with Crippen molar-refractivity contribution in [1.29, 1.82) is 0 Å². The molecule has 0 aliphatic carbocycles. The van der Waals surface area contributed by atoms with Crippen LogP contribution < -0.4 is 9.64 Å². The third-order valence-electron chi connectivity index (χ3n) is 5.68. The fourth-order valence-electron chi connectivity index (χ4n) is 4.03. The highest BCUT2D eigenvalue weighted by Crippen LogP contribution is 2.26. The van der Waals surface area contributed by atoms with Crippen LogP contribution in [0.15, 0.2) is 30.3 Å². The van der Waals surface area contributed by atoms with Crippen LogP contribution in [0.1, 0.15) is 16.9 Å². The summed E-state index contributed by atoms with van der Waals surface area (Å²) in [5.74, 6) is 0.376. The molecule has 0 radical (unpaired) electrons. The van der Waals surface area contributed by atoms with Gasteiger partial charge in [0, 0.05) is 37.6 Å². The number of rotatable bonds is 5. The number of carbonyl (C=O) groups is 2. The van der Waals surface area contributed by atoms with Crippen molar-refractivity contribution in [2.75, 3.05) is 51.4 Å². The first-order valence-corrected chi connectivity index (χ1v) is 10.8.